The SMILES string of the molecule is CC[C@@H](Nc1ccc2nnc(-c3cccs3)n2n1)C(=O)N1CCCCC1. The maximum atomic E-state index is 12.8. The molecule has 0 spiro atoms. The molecule has 1 N–H and O–H groups in total. The second kappa shape index (κ2) is 7.41. The van der Waals surface area contributed by atoms with Crippen LogP contribution >= 0.6 is 11.3 Å². The third kappa shape index (κ3) is 3.29. The molecule has 0 radical (unpaired) electrons. The van der Waals surface area contributed by atoms with E-state index in [1.54, 1.807) is 15.9 Å². The molecule has 1 aliphatic heterocycles. The fourth-order valence-electron chi connectivity index (χ4n) is 3.28. The smallest absolute Gasteiger partial charge is 0.245 e. The zero-order valence-corrected chi connectivity index (χ0v) is 15.6. The summed E-state index contributed by atoms with van der Waals surface area (Å²) < 4.78 is 1.73. The van der Waals surface area contributed by atoms with Gasteiger partial charge < -0.3 is 10.2 Å². The van der Waals surface area contributed by atoms with E-state index in [1.807, 2.05) is 41.5 Å². The van der Waals surface area contributed by atoms with Crippen LogP contribution in [0, 0.1) is 0 Å². The highest BCUT2D eigenvalue weighted by Gasteiger charge is 2.24. The van der Waals surface area contributed by atoms with Crippen molar-refractivity contribution in [1.29, 1.82) is 0 Å². The van der Waals surface area contributed by atoms with Crippen molar-refractivity contribution in [3.8, 4) is 10.7 Å². The molecule has 4 heterocycles. The Labute approximate surface area is 156 Å². The number of anilines is 1. The summed E-state index contributed by atoms with van der Waals surface area (Å²) in [5.41, 5.74) is 0.689. The van der Waals surface area contributed by atoms with Crippen LogP contribution in [0.5, 0.6) is 0 Å². The number of hydrogen-bond acceptors (Lipinski definition) is 6. The Morgan fingerprint density at radius 3 is 2.81 bits per heavy atom. The number of amides is 1. The monoisotopic (exact) mass is 370 g/mol. The van der Waals surface area contributed by atoms with Crippen molar-refractivity contribution < 1.29 is 4.79 Å². The van der Waals surface area contributed by atoms with Crippen molar-refractivity contribution in [3.63, 3.8) is 0 Å². The van der Waals surface area contributed by atoms with E-state index in [0.717, 1.165) is 37.2 Å². The zero-order valence-electron chi connectivity index (χ0n) is 14.8. The van der Waals surface area contributed by atoms with E-state index < -0.39 is 0 Å². The number of carbonyl (C=O) groups is 1. The molecule has 3 aromatic rings. The Morgan fingerprint density at radius 1 is 1.23 bits per heavy atom. The quantitative estimate of drug-likeness (QED) is 0.747. The molecule has 136 valence electrons. The number of nitrogens with zero attached hydrogens (tertiary/aromatic N) is 5. The van der Waals surface area contributed by atoms with Gasteiger partial charge in [0.2, 0.25) is 5.91 Å². The van der Waals surface area contributed by atoms with Gasteiger partial charge in [0.05, 0.1) is 4.88 Å². The zero-order chi connectivity index (χ0) is 17.9. The van der Waals surface area contributed by atoms with Gasteiger partial charge in [-0.05, 0) is 49.3 Å². The molecule has 0 bridgehead atoms. The highest BCUT2D eigenvalue weighted by atomic mass is 32.1. The van der Waals surface area contributed by atoms with Gasteiger partial charge in [-0.1, -0.05) is 13.0 Å². The molecule has 4 rings (SSSR count). The van der Waals surface area contributed by atoms with E-state index in [9.17, 15) is 4.79 Å². The minimum Gasteiger partial charge on any atom is -0.357 e. The molecule has 1 fully saturated rings. The molecule has 0 unspecified atom stereocenters. The molecule has 1 atom stereocenters. The molecule has 1 aliphatic rings. The fourth-order valence-corrected chi connectivity index (χ4v) is 3.97. The van der Waals surface area contributed by atoms with Crippen molar-refractivity contribution in [2.45, 2.75) is 38.6 Å². The topological polar surface area (TPSA) is 75.4 Å². The van der Waals surface area contributed by atoms with E-state index in [4.69, 9.17) is 0 Å². The Balaban J connectivity index is 1.57. The van der Waals surface area contributed by atoms with Gasteiger partial charge >= 0.3 is 0 Å². The highest BCUT2D eigenvalue weighted by Crippen LogP contribution is 2.23. The van der Waals surface area contributed by atoms with E-state index in [2.05, 4.69) is 20.6 Å². The third-order valence-electron chi connectivity index (χ3n) is 4.70. The maximum Gasteiger partial charge on any atom is 0.245 e. The lowest BCUT2D eigenvalue weighted by Crippen LogP contribution is -2.45. The average molecular weight is 370 g/mol. The first-order chi connectivity index (χ1) is 12.8. The number of likely N-dealkylation sites (tertiary alicyclic amines) is 1. The van der Waals surface area contributed by atoms with Crippen molar-refractivity contribution in [3.05, 3.63) is 29.6 Å². The van der Waals surface area contributed by atoms with Gasteiger partial charge in [-0.15, -0.1) is 26.6 Å². The minimum atomic E-state index is -0.264. The Kier molecular flexibility index (Phi) is 4.83. The molecular weight excluding hydrogens is 348 g/mol. The number of fused-ring (bicyclic) bond motifs is 1. The number of carbonyl (C=O) groups excluding carboxylic acids is 1. The summed E-state index contributed by atoms with van der Waals surface area (Å²) in [6.07, 6.45) is 4.12. The Hall–Kier alpha value is -2.48. The second-order valence-corrected chi connectivity index (χ2v) is 7.43. The predicted octanol–water partition coefficient (Wildman–Crippen LogP) is 3.06. The van der Waals surface area contributed by atoms with Crippen molar-refractivity contribution in [2.24, 2.45) is 0 Å². The fraction of sp³-hybridized carbons (Fsp3) is 0.444. The first-order valence-electron chi connectivity index (χ1n) is 9.08. The van der Waals surface area contributed by atoms with Crippen LogP contribution in [0.4, 0.5) is 5.82 Å². The molecule has 0 saturated carbocycles. The van der Waals surface area contributed by atoms with E-state index in [1.165, 1.54) is 6.42 Å². The van der Waals surface area contributed by atoms with E-state index >= 15 is 0 Å². The lowest BCUT2D eigenvalue weighted by atomic mass is 10.1. The minimum absolute atomic E-state index is 0.163. The van der Waals surface area contributed by atoms with E-state index in [0.29, 0.717) is 17.3 Å². The van der Waals surface area contributed by atoms with Crippen molar-refractivity contribution in [1.82, 2.24) is 24.7 Å². The standard InChI is InChI=1S/C18H22N6OS/c1-2-13(18(25)23-10-4-3-5-11-23)19-15-8-9-16-20-21-17(24(16)22-15)14-7-6-12-26-14/h6-9,12-13H,2-5,10-11H2,1H3,(H,19,22)/t13-/m1/s1. The van der Waals surface area contributed by atoms with Crippen LogP contribution in [-0.4, -0.2) is 49.7 Å². The summed E-state index contributed by atoms with van der Waals surface area (Å²) in [4.78, 5) is 15.8. The van der Waals surface area contributed by atoms with E-state index in [-0.39, 0.29) is 11.9 Å². The molecule has 7 nitrogen and oxygen atoms in total. The number of piperidine rings is 1. The largest absolute Gasteiger partial charge is 0.357 e. The van der Waals surface area contributed by atoms with Crippen LogP contribution < -0.4 is 5.32 Å². The molecule has 1 amide bonds. The van der Waals surface area contributed by atoms with Gasteiger partial charge in [0.25, 0.3) is 0 Å². The van der Waals surface area contributed by atoms with Crippen molar-refractivity contribution in [2.75, 3.05) is 18.4 Å². The molecule has 0 aromatic carbocycles. The average Bonchev–Trinajstić information content (AvgIpc) is 3.35. The summed E-state index contributed by atoms with van der Waals surface area (Å²) in [5.74, 6) is 1.54. The second-order valence-electron chi connectivity index (χ2n) is 6.48. The summed E-state index contributed by atoms with van der Waals surface area (Å²) in [6, 6.07) is 7.44. The van der Waals surface area contributed by atoms with Crippen molar-refractivity contribution >= 4 is 28.7 Å². The third-order valence-corrected chi connectivity index (χ3v) is 5.57. The molecule has 0 aliphatic carbocycles. The normalized spacial score (nSPS) is 16.0. The number of hydrogen-bond donors (Lipinski definition) is 1. The summed E-state index contributed by atoms with van der Waals surface area (Å²) >= 11 is 1.60. The Bertz CT molecular complexity index is 884. The molecule has 8 heteroatoms. The van der Waals surface area contributed by atoms with Crippen LogP contribution in [0.2, 0.25) is 0 Å². The van der Waals surface area contributed by atoms with Gasteiger partial charge in [-0.25, -0.2) is 0 Å². The van der Waals surface area contributed by atoms with Gasteiger partial charge in [0.1, 0.15) is 11.9 Å². The van der Waals surface area contributed by atoms with Crippen LogP contribution in [0.15, 0.2) is 29.6 Å². The van der Waals surface area contributed by atoms with Gasteiger partial charge in [0.15, 0.2) is 11.5 Å². The summed E-state index contributed by atoms with van der Waals surface area (Å²) in [6.45, 7) is 3.74. The van der Waals surface area contributed by atoms with Gasteiger partial charge in [0, 0.05) is 13.1 Å². The number of rotatable bonds is 5. The lowest BCUT2D eigenvalue weighted by Gasteiger charge is -2.30. The molecule has 1 saturated heterocycles. The molecular formula is C18H22N6OS. The number of aromatic nitrogens is 4. The first-order valence-corrected chi connectivity index (χ1v) is 9.96. The summed E-state index contributed by atoms with van der Waals surface area (Å²) in [7, 11) is 0. The van der Waals surface area contributed by atoms with Gasteiger partial charge in [-0.2, -0.15) is 4.52 Å². The lowest BCUT2D eigenvalue weighted by molar-refractivity contribution is -0.133. The maximum absolute atomic E-state index is 12.8. The van der Waals surface area contributed by atoms with Crippen LogP contribution in [0.3, 0.4) is 0 Å². The predicted molar refractivity (Wildman–Crippen MR) is 102 cm³/mol. The number of nitrogens with one attached hydrogen (secondary N) is 1. The summed E-state index contributed by atoms with van der Waals surface area (Å²) in [5, 5.41) is 18.4. The van der Waals surface area contributed by atoms with Crippen LogP contribution in [0.1, 0.15) is 32.6 Å². The van der Waals surface area contributed by atoms with Crippen LogP contribution in [-0.2, 0) is 4.79 Å². The number of thiophene rings is 1. The van der Waals surface area contributed by atoms with Crippen LogP contribution in [0.25, 0.3) is 16.3 Å². The van der Waals surface area contributed by atoms with Gasteiger partial charge in [-0.3, -0.25) is 4.79 Å². The Morgan fingerprint density at radius 2 is 2.08 bits per heavy atom. The highest BCUT2D eigenvalue weighted by molar-refractivity contribution is 7.13. The molecule has 26 heavy (non-hydrogen) atoms. The first kappa shape index (κ1) is 17.0. The molecule has 3 aromatic heterocycles.